The lowest BCUT2D eigenvalue weighted by Crippen LogP contribution is -2.03. The standard InChI is InChI=1S/C13H12N6S/c1-18-8-15-12(17-18)4-5-19-11-6-9(7-14)2-3-10(11)16-13(19)20/h2-3,6,8H,4-5H2,1H3,(H,16,20). The van der Waals surface area contributed by atoms with Crippen molar-refractivity contribution >= 4 is 23.3 Å². The van der Waals surface area contributed by atoms with Gasteiger partial charge < -0.3 is 9.55 Å². The molecule has 20 heavy (non-hydrogen) atoms. The van der Waals surface area contributed by atoms with Crippen molar-refractivity contribution in [1.82, 2.24) is 24.3 Å². The molecular weight excluding hydrogens is 272 g/mol. The van der Waals surface area contributed by atoms with Gasteiger partial charge in [-0.3, -0.25) is 4.68 Å². The molecule has 0 bridgehead atoms. The fourth-order valence-electron chi connectivity index (χ4n) is 2.15. The summed E-state index contributed by atoms with van der Waals surface area (Å²) in [6.07, 6.45) is 2.37. The summed E-state index contributed by atoms with van der Waals surface area (Å²) in [6.45, 7) is 0.678. The summed E-state index contributed by atoms with van der Waals surface area (Å²) in [5.41, 5.74) is 2.49. The van der Waals surface area contributed by atoms with Crippen LogP contribution in [0.2, 0.25) is 0 Å². The van der Waals surface area contributed by atoms with E-state index in [-0.39, 0.29) is 0 Å². The number of aryl methyl sites for hydroxylation is 3. The van der Waals surface area contributed by atoms with Gasteiger partial charge in [0.1, 0.15) is 6.33 Å². The topological polar surface area (TPSA) is 75.2 Å². The number of aromatic amines is 1. The van der Waals surface area contributed by atoms with Crippen LogP contribution < -0.4 is 0 Å². The number of imidazole rings is 1. The molecule has 0 aliphatic heterocycles. The molecule has 3 rings (SSSR count). The van der Waals surface area contributed by atoms with Crippen LogP contribution >= 0.6 is 12.2 Å². The van der Waals surface area contributed by atoms with Crippen molar-refractivity contribution in [2.75, 3.05) is 0 Å². The Morgan fingerprint density at radius 3 is 3.00 bits per heavy atom. The van der Waals surface area contributed by atoms with Crippen molar-refractivity contribution in [2.45, 2.75) is 13.0 Å². The highest BCUT2D eigenvalue weighted by Gasteiger charge is 2.07. The Kier molecular flexibility index (Phi) is 3.08. The average molecular weight is 284 g/mol. The van der Waals surface area contributed by atoms with Gasteiger partial charge >= 0.3 is 0 Å². The molecule has 0 saturated carbocycles. The molecule has 0 unspecified atom stereocenters. The van der Waals surface area contributed by atoms with Gasteiger partial charge in [-0.2, -0.15) is 10.4 Å². The number of H-pyrrole nitrogens is 1. The van der Waals surface area contributed by atoms with Gasteiger partial charge in [-0.05, 0) is 30.4 Å². The van der Waals surface area contributed by atoms with Crippen molar-refractivity contribution in [1.29, 1.82) is 5.26 Å². The Morgan fingerprint density at radius 2 is 2.30 bits per heavy atom. The molecule has 3 aromatic rings. The number of hydrogen-bond donors (Lipinski definition) is 1. The van der Waals surface area contributed by atoms with Gasteiger partial charge in [0, 0.05) is 20.0 Å². The molecule has 0 aliphatic carbocycles. The Hall–Kier alpha value is -2.46. The summed E-state index contributed by atoms with van der Waals surface area (Å²) in [6, 6.07) is 7.63. The predicted molar refractivity (Wildman–Crippen MR) is 76.5 cm³/mol. The number of nitrogens with one attached hydrogen (secondary N) is 1. The number of benzene rings is 1. The summed E-state index contributed by atoms with van der Waals surface area (Å²) < 4.78 is 4.30. The smallest absolute Gasteiger partial charge is 0.178 e. The van der Waals surface area contributed by atoms with Crippen LogP contribution in [-0.4, -0.2) is 24.3 Å². The van der Waals surface area contributed by atoms with Gasteiger partial charge in [0.15, 0.2) is 10.6 Å². The van der Waals surface area contributed by atoms with E-state index >= 15 is 0 Å². The molecule has 7 heteroatoms. The first kappa shape index (κ1) is 12.6. The molecule has 2 aromatic heterocycles. The molecule has 1 N–H and O–H groups in total. The maximum absolute atomic E-state index is 8.99. The summed E-state index contributed by atoms with van der Waals surface area (Å²) in [5, 5.41) is 13.2. The van der Waals surface area contributed by atoms with Crippen LogP contribution in [-0.2, 0) is 20.0 Å². The second kappa shape index (κ2) is 4.90. The van der Waals surface area contributed by atoms with Crippen molar-refractivity contribution < 1.29 is 0 Å². The van der Waals surface area contributed by atoms with Crippen molar-refractivity contribution in [3.05, 3.63) is 40.7 Å². The average Bonchev–Trinajstić information content (AvgIpc) is 2.98. The second-order valence-electron chi connectivity index (χ2n) is 4.51. The predicted octanol–water partition coefficient (Wildman–Crippen LogP) is 1.94. The van der Waals surface area contributed by atoms with Crippen LogP contribution in [0.3, 0.4) is 0 Å². The highest BCUT2D eigenvalue weighted by atomic mass is 32.1. The van der Waals surface area contributed by atoms with Gasteiger partial charge in [0.05, 0.1) is 22.7 Å². The molecule has 0 radical (unpaired) electrons. The van der Waals surface area contributed by atoms with E-state index in [9.17, 15) is 0 Å². The number of nitriles is 1. The Morgan fingerprint density at radius 1 is 1.45 bits per heavy atom. The lowest BCUT2D eigenvalue weighted by Gasteiger charge is -2.02. The monoisotopic (exact) mass is 284 g/mol. The quantitative estimate of drug-likeness (QED) is 0.746. The Balaban J connectivity index is 1.96. The van der Waals surface area contributed by atoms with Crippen LogP contribution in [0.1, 0.15) is 11.4 Å². The molecule has 0 aliphatic rings. The number of aromatic nitrogens is 5. The van der Waals surface area contributed by atoms with E-state index < -0.39 is 0 Å². The van der Waals surface area contributed by atoms with Gasteiger partial charge in [0.25, 0.3) is 0 Å². The molecule has 2 heterocycles. The summed E-state index contributed by atoms with van der Waals surface area (Å²) in [5.74, 6) is 0.778. The maximum atomic E-state index is 8.99. The van der Waals surface area contributed by atoms with Gasteiger partial charge in [-0.1, -0.05) is 0 Å². The van der Waals surface area contributed by atoms with Crippen LogP contribution in [0.25, 0.3) is 11.0 Å². The fraction of sp³-hybridized carbons (Fsp3) is 0.231. The molecule has 0 fully saturated rings. The number of nitrogens with zero attached hydrogens (tertiary/aromatic N) is 5. The minimum Gasteiger partial charge on any atom is -0.331 e. The zero-order valence-corrected chi connectivity index (χ0v) is 11.7. The normalized spacial score (nSPS) is 10.8. The lowest BCUT2D eigenvalue weighted by molar-refractivity contribution is 0.666. The van der Waals surface area contributed by atoms with E-state index in [1.165, 1.54) is 0 Å². The van der Waals surface area contributed by atoms with Crippen LogP contribution in [0.5, 0.6) is 0 Å². The van der Waals surface area contributed by atoms with E-state index in [0.717, 1.165) is 16.9 Å². The molecule has 0 spiro atoms. The molecular formula is C13H12N6S. The first-order valence-corrected chi connectivity index (χ1v) is 6.55. The summed E-state index contributed by atoms with van der Waals surface area (Å²) >= 11 is 5.33. The molecule has 0 saturated heterocycles. The summed E-state index contributed by atoms with van der Waals surface area (Å²) in [7, 11) is 1.84. The highest BCUT2D eigenvalue weighted by Crippen LogP contribution is 2.16. The third-order valence-electron chi connectivity index (χ3n) is 3.11. The Bertz CT molecular complexity index is 863. The maximum Gasteiger partial charge on any atom is 0.178 e. The molecule has 0 atom stereocenters. The van der Waals surface area contributed by atoms with Crippen molar-refractivity contribution in [3.63, 3.8) is 0 Å². The van der Waals surface area contributed by atoms with E-state index in [1.807, 2.05) is 23.7 Å². The minimum atomic E-state index is 0.621. The van der Waals surface area contributed by atoms with Gasteiger partial charge in [0.2, 0.25) is 0 Å². The Labute approximate surface area is 120 Å². The van der Waals surface area contributed by atoms with Gasteiger partial charge in [-0.25, -0.2) is 4.98 Å². The summed E-state index contributed by atoms with van der Waals surface area (Å²) in [4.78, 5) is 7.34. The zero-order chi connectivity index (χ0) is 14.1. The van der Waals surface area contributed by atoms with E-state index in [2.05, 4.69) is 21.1 Å². The molecule has 0 amide bonds. The lowest BCUT2D eigenvalue weighted by atomic mass is 10.2. The number of hydrogen-bond acceptors (Lipinski definition) is 4. The first-order chi connectivity index (χ1) is 9.67. The van der Waals surface area contributed by atoms with Crippen LogP contribution in [0, 0.1) is 16.1 Å². The largest absolute Gasteiger partial charge is 0.331 e. The van der Waals surface area contributed by atoms with E-state index in [0.29, 0.717) is 23.3 Å². The molecule has 6 nitrogen and oxygen atoms in total. The third-order valence-corrected chi connectivity index (χ3v) is 3.43. The first-order valence-electron chi connectivity index (χ1n) is 6.14. The fourth-order valence-corrected chi connectivity index (χ4v) is 2.45. The SMILES string of the molecule is Cn1cnc(CCn2c(=S)[nH]c3ccc(C#N)cc32)n1. The minimum absolute atomic E-state index is 0.621. The van der Waals surface area contributed by atoms with Crippen molar-refractivity contribution in [2.24, 2.45) is 7.05 Å². The third kappa shape index (κ3) is 2.21. The van der Waals surface area contributed by atoms with Gasteiger partial charge in [-0.15, -0.1) is 0 Å². The van der Waals surface area contributed by atoms with Crippen LogP contribution in [0.4, 0.5) is 0 Å². The van der Waals surface area contributed by atoms with E-state index in [1.54, 1.807) is 17.1 Å². The second-order valence-corrected chi connectivity index (χ2v) is 4.90. The molecule has 1 aromatic carbocycles. The zero-order valence-electron chi connectivity index (χ0n) is 10.9. The number of rotatable bonds is 3. The van der Waals surface area contributed by atoms with E-state index in [4.69, 9.17) is 17.5 Å². The molecule has 100 valence electrons. The highest BCUT2D eigenvalue weighted by molar-refractivity contribution is 7.71. The number of fused-ring (bicyclic) bond motifs is 1. The van der Waals surface area contributed by atoms with Crippen molar-refractivity contribution in [3.8, 4) is 6.07 Å². The van der Waals surface area contributed by atoms with Crippen LogP contribution in [0.15, 0.2) is 24.5 Å².